The molecule has 1 unspecified atom stereocenters. The molecule has 0 nitrogen and oxygen atoms in total. The Morgan fingerprint density at radius 1 is 1.06 bits per heavy atom. The maximum absolute atomic E-state index is 12.8. The molecule has 2 rings (SSSR count). The highest BCUT2D eigenvalue weighted by Gasteiger charge is 2.11. The maximum Gasteiger partial charge on any atom is 0.123 e. The van der Waals surface area contributed by atoms with Crippen LogP contribution in [0.5, 0.6) is 0 Å². The van der Waals surface area contributed by atoms with E-state index in [2.05, 4.69) is 15.9 Å². The van der Waals surface area contributed by atoms with E-state index in [1.54, 1.807) is 12.1 Å². The molecule has 0 spiro atoms. The molecule has 3 heteroatoms. The Morgan fingerprint density at radius 3 is 2.24 bits per heavy atom. The Morgan fingerprint density at radius 2 is 1.65 bits per heavy atom. The van der Waals surface area contributed by atoms with Gasteiger partial charge >= 0.3 is 0 Å². The van der Waals surface area contributed by atoms with Crippen LogP contribution in [0.1, 0.15) is 21.5 Å². The molecule has 0 amide bonds. The van der Waals surface area contributed by atoms with Gasteiger partial charge in [0.2, 0.25) is 0 Å². The summed E-state index contributed by atoms with van der Waals surface area (Å²) in [5, 5.41) is 0.745. The van der Waals surface area contributed by atoms with Gasteiger partial charge in [-0.25, -0.2) is 4.39 Å². The van der Waals surface area contributed by atoms with Gasteiger partial charge < -0.3 is 0 Å². The molecule has 0 radical (unpaired) electrons. The van der Waals surface area contributed by atoms with Crippen LogP contribution in [0.3, 0.4) is 0 Å². The molecular formula is C14H11BrClF. The molecule has 0 fully saturated rings. The van der Waals surface area contributed by atoms with Crippen molar-refractivity contribution in [2.24, 2.45) is 0 Å². The zero-order valence-corrected chi connectivity index (χ0v) is 11.6. The van der Waals surface area contributed by atoms with Crippen molar-refractivity contribution in [2.45, 2.75) is 11.8 Å². The predicted molar refractivity (Wildman–Crippen MR) is 73.4 cm³/mol. The maximum atomic E-state index is 12.8. The van der Waals surface area contributed by atoms with Crippen LogP contribution < -0.4 is 0 Å². The number of aryl methyl sites for hydroxylation is 1. The van der Waals surface area contributed by atoms with Gasteiger partial charge in [-0.2, -0.15) is 0 Å². The van der Waals surface area contributed by atoms with Crippen molar-refractivity contribution in [3.8, 4) is 0 Å². The highest BCUT2D eigenvalue weighted by atomic mass is 79.9. The molecule has 0 heterocycles. The summed E-state index contributed by atoms with van der Waals surface area (Å²) < 4.78 is 12.8. The van der Waals surface area contributed by atoms with E-state index >= 15 is 0 Å². The first-order valence-corrected chi connectivity index (χ1v) is 6.53. The first-order valence-electron chi connectivity index (χ1n) is 5.23. The molecule has 0 N–H and O–H groups in total. The van der Waals surface area contributed by atoms with Crippen molar-refractivity contribution in [1.82, 2.24) is 0 Å². The third-order valence-electron chi connectivity index (χ3n) is 2.65. The van der Waals surface area contributed by atoms with E-state index < -0.39 is 0 Å². The Kier molecular flexibility index (Phi) is 3.85. The number of alkyl halides is 1. The molecule has 0 saturated heterocycles. The Hall–Kier alpha value is -0.860. The Balaban J connectivity index is 2.33. The van der Waals surface area contributed by atoms with Crippen LogP contribution in [0.4, 0.5) is 4.39 Å². The fraction of sp³-hybridized carbons (Fsp3) is 0.143. The number of benzene rings is 2. The SMILES string of the molecule is Cc1ccc(C(Br)c2ccc(F)cc2)cc1Cl. The summed E-state index contributed by atoms with van der Waals surface area (Å²) in [6.07, 6.45) is 0. The molecule has 0 aliphatic heterocycles. The molecular weight excluding hydrogens is 303 g/mol. The van der Waals surface area contributed by atoms with Crippen LogP contribution in [0.25, 0.3) is 0 Å². The minimum Gasteiger partial charge on any atom is -0.207 e. The zero-order valence-electron chi connectivity index (χ0n) is 9.25. The molecule has 0 bridgehead atoms. The third kappa shape index (κ3) is 2.88. The summed E-state index contributed by atoms with van der Waals surface area (Å²) in [7, 11) is 0. The summed E-state index contributed by atoms with van der Waals surface area (Å²) in [6, 6.07) is 12.4. The zero-order chi connectivity index (χ0) is 12.4. The van der Waals surface area contributed by atoms with Crippen molar-refractivity contribution >= 4 is 27.5 Å². The topological polar surface area (TPSA) is 0 Å². The summed E-state index contributed by atoms with van der Waals surface area (Å²) >= 11 is 9.69. The van der Waals surface area contributed by atoms with E-state index in [1.165, 1.54) is 12.1 Å². The standard InChI is InChI=1S/C14H11BrClF/c1-9-2-3-11(8-13(9)16)14(15)10-4-6-12(17)7-5-10/h2-8,14H,1H3. The number of rotatable bonds is 2. The second-order valence-corrected chi connectivity index (χ2v) is 5.25. The lowest BCUT2D eigenvalue weighted by Crippen LogP contribution is -1.93. The minimum absolute atomic E-state index is 0.0289. The molecule has 0 aromatic heterocycles. The molecule has 1 atom stereocenters. The van der Waals surface area contributed by atoms with Crippen molar-refractivity contribution < 1.29 is 4.39 Å². The van der Waals surface area contributed by atoms with Gasteiger partial charge in [-0.3, -0.25) is 0 Å². The lowest BCUT2D eigenvalue weighted by Gasteiger charge is -2.12. The molecule has 17 heavy (non-hydrogen) atoms. The van der Waals surface area contributed by atoms with E-state index in [0.29, 0.717) is 0 Å². The van der Waals surface area contributed by atoms with Gasteiger partial charge in [0.05, 0.1) is 4.83 Å². The minimum atomic E-state index is -0.226. The van der Waals surface area contributed by atoms with E-state index in [9.17, 15) is 4.39 Å². The molecule has 2 aromatic carbocycles. The van der Waals surface area contributed by atoms with Crippen molar-refractivity contribution in [3.63, 3.8) is 0 Å². The van der Waals surface area contributed by atoms with Gasteiger partial charge in [0.15, 0.2) is 0 Å². The second kappa shape index (κ2) is 5.19. The van der Waals surface area contributed by atoms with Crippen LogP contribution in [0, 0.1) is 12.7 Å². The van der Waals surface area contributed by atoms with Gasteiger partial charge in [0, 0.05) is 5.02 Å². The Bertz CT molecular complexity index is 522. The van der Waals surface area contributed by atoms with Crippen molar-refractivity contribution in [2.75, 3.05) is 0 Å². The average Bonchev–Trinajstić information content (AvgIpc) is 2.33. The molecule has 0 aliphatic carbocycles. The number of hydrogen-bond acceptors (Lipinski definition) is 0. The quantitative estimate of drug-likeness (QED) is 0.662. The fourth-order valence-electron chi connectivity index (χ4n) is 1.59. The largest absolute Gasteiger partial charge is 0.207 e. The molecule has 0 aliphatic rings. The summed E-state index contributed by atoms with van der Waals surface area (Å²) in [4.78, 5) is 0.0289. The lowest BCUT2D eigenvalue weighted by atomic mass is 10.0. The smallest absolute Gasteiger partial charge is 0.123 e. The molecule has 2 aromatic rings. The Labute approximate surface area is 114 Å². The molecule has 88 valence electrons. The van der Waals surface area contributed by atoms with Crippen molar-refractivity contribution in [1.29, 1.82) is 0 Å². The average molecular weight is 314 g/mol. The van der Waals surface area contributed by atoms with Crippen LogP contribution in [-0.4, -0.2) is 0 Å². The highest BCUT2D eigenvalue weighted by Crippen LogP contribution is 2.32. The normalized spacial score (nSPS) is 12.5. The second-order valence-electron chi connectivity index (χ2n) is 3.92. The molecule has 0 saturated carbocycles. The number of hydrogen-bond donors (Lipinski definition) is 0. The van der Waals surface area contributed by atoms with Gasteiger partial charge in [0.1, 0.15) is 5.82 Å². The van der Waals surface area contributed by atoms with Crippen LogP contribution in [-0.2, 0) is 0 Å². The van der Waals surface area contributed by atoms with E-state index in [4.69, 9.17) is 11.6 Å². The summed E-state index contributed by atoms with van der Waals surface area (Å²) in [5.41, 5.74) is 3.12. The monoisotopic (exact) mass is 312 g/mol. The van der Waals surface area contributed by atoms with Crippen LogP contribution >= 0.6 is 27.5 Å². The van der Waals surface area contributed by atoms with Crippen molar-refractivity contribution in [3.05, 3.63) is 70.0 Å². The fourth-order valence-corrected chi connectivity index (χ4v) is 2.37. The predicted octanol–water partition coefficient (Wildman–Crippen LogP) is 5.27. The van der Waals surface area contributed by atoms with Gasteiger partial charge in [-0.1, -0.05) is 51.8 Å². The first-order chi connectivity index (χ1) is 8.08. The van der Waals surface area contributed by atoms with Crippen LogP contribution in [0.2, 0.25) is 5.02 Å². The van der Waals surface area contributed by atoms with Gasteiger partial charge in [-0.05, 0) is 41.8 Å². The van der Waals surface area contributed by atoms with E-state index in [0.717, 1.165) is 21.7 Å². The number of halogens is 3. The lowest BCUT2D eigenvalue weighted by molar-refractivity contribution is 0.627. The summed E-state index contributed by atoms with van der Waals surface area (Å²) in [6.45, 7) is 1.97. The van der Waals surface area contributed by atoms with Gasteiger partial charge in [-0.15, -0.1) is 0 Å². The highest BCUT2D eigenvalue weighted by molar-refractivity contribution is 9.09. The van der Waals surface area contributed by atoms with Crippen LogP contribution in [0.15, 0.2) is 42.5 Å². The third-order valence-corrected chi connectivity index (χ3v) is 4.12. The van der Waals surface area contributed by atoms with Gasteiger partial charge in [0.25, 0.3) is 0 Å². The van der Waals surface area contributed by atoms with E-state index in [-0.39, 0.29) is 10.6 Å². The summed E-state index contributed by atoms with van der Waals surface area (Å²) in [5.74, 6) is -0.226. The van der Waals surface area contributed by atoms with E-state index in [1.807, 2.05) is 25.1 Å². The first kappa shape index (κ1) is 12.6.